The molecule has 96 valence electrons. The van der Waals surface area contributed by atoms with Crippen LogP contribution in [0.25, 0.3) is 0 Å². The normalized spacial score (nSPS) is 19.4. The Kier molecular flexibility index (Phi) is 3.95. The number of nitrogens with zero attached hydrogens (tertiary/aromatic N) is 3. The first-order valence-electron chi connectivity index (χ1n) is 6.20. The van der Waals surface area contributed by atoms with Crippen molar-refractivity contribution in [1.82, 2.24) is 9.80 Å². The van der Waals surface area contributed by atoms with Crippen molar-refractivity contribution < 1.29 is 4.39 Å². The number of hydrogen-bond donors (Lipinski definition) is 0. The molecule has 1 aliphatic rings. The quantitative estimate of drug-likeness (QED) is 0.800. The molecule has 0 aliphatic carbocycles. The van der Waals surface area contributed by atoms with Crippen LogP contribution in [-0.4, -0.2) is 43.0 Å². The van der Waals surface area contributed by atoms with E-state index >= 15 is 0 Å². The van der Waals surface area contributed by atoms with Crippen LogP contribution in [0.15, 0.2) is 18.2 Å². The summed E-state index contributed by atoms with van der Waals surface area (Å²) in [5, 5.41) is 9.39. The molecular weight excluding hydrogens is 229 g/mol. The minimum absolute atomic E-state index is 0.273. The maximum atomic E-state index is 13.3. The summed E-state index contributed by atoms with van der Waals surface area (Å²) in [4.78, 5) is 4.37. The molecule has 1 heterocycles. The van der Waals surface area contributed by atoms with Crippen LogP contribution >= 0.6 is 0 Å². The van der Waals surface area contributed by atoms with Gasteiger partial charge < -0.3 is 4.90 Å². The van der Waals surface area contributed by atoms with Gasteiger partial charge in [-0.2, -0.15) is 5.26 Å². The van der Waals surface area contributed by atoms with Gasteiger partial charge in [-0.3, -0.25) is 4.90 Å². The molecule has 3 nitrogen and oxygen atoms in total. The number of aryl methyl sites for hydroxylation is 1. The van der Waals surface area contributed by atoms with Gasteiger partial charge in [0.15, 0.2) is 0 Å². The van der Waals surface area contributed by atoms with E-state index in [4.69, 9.17) is 0 Å². The molecular formula is C14H18FN3. The molecule has 2 rings (SSSR count). The van der Waals surface area contributed by atoms with Crippen molar-refractivity contribution in [3.05, 3.63) is 35.1 Å². The average molecular weight is 247 g/mol. The van der Waals surface area contributed by atoms with Crippen LogP contribution in [0, 0.1) is 24.1 Å². The van der Waals surface area contributed by atoms with Gasteiger partial charge in [-0.25, -0.2) is 4.39 Å². The van der Waals surface area contributed by atoms with E-state index in [1.165, 1.54) is 12.1 Å². The SMILES string of the molecule is Cc1ccc(F)cc1C(C#N)N1CCN(C)CC1. The van der Waals surface area contributed by atoms with Gasteiger partial charge in [0.2, 0.25) is 0 Å². The summed E-state index contributed by atoms with van der Waals surface area (Å²) in [6.07, 6.45) is 0. The zero-order chi connectivity index (χ0) is 13.1. The van der Waals surface area contributed by atoms with Crippen LogP contribution in [-0.2, 0) is 0 Å². The molecule has 1 aromatic rings. The van der Waals surface area contributed by atoms with Crippen molar-refractivity contribution in [3.8, 4) is 6.07 Å². The third-order valence-electron chi connectivity index (χ3n) is 3.56. The van der Waals surface area contributed by atoms with E-state index in [2.05, 4.69) is 22.9 Å². The highest BCUT2D eigenvalue weighted by Crippen LogP contribution is 2.25. The van der Waals surface area contributed by atoms with Gasteiger partial charge in [-0.05, 0) is 37.2 Å². The van der Waals surface area contributed by atoms with E-state index in [1.54, 1.807) is 6.07 Å². The second kappa shape index (κ2) is 5.47. The summed E-state index contributed by atoms with van der Waals surface area (Å²) in [5.41, 5.74) is 1.77. The molecule has 0 saturated carbocycles. The molecule has 0 radical (unpaired) electrons. The van der Waals surface area contributed by atoms with Crippen LogP contribution in [0.1, 0.15) is 17.2 Å². The predicted octanol–water partition coefficient (Wildman–Crippen LogP) is 1.95. The van der Waals surface area contributed by atoms with Crippen LogP contribution < -0.4 is 0 Å². The first kappa shape index (κ1) is 13.0. The lowest BCUT2D eigenvalue weighted by Crippen LogP contribution is -2.45. The van der Waals surface area contributed by atoms with Crippen molar-refractivity contribution in [2.24, 2.45) is 0 Å². The first-order valence-corrected chi connectivity index (χ1v) is 6.20. The Labute approximate surface area is 107 Å². The molecule has 18 heavy (non-hydrogen) atoms. The van der Waals surface area contributed by atoms with Gasteiger partial charge in [0.05, 0.1) is 6.07 Å². The smallest absolute Gasteiger partial charge is 0.124 e. The minimum atomic E-state index is -0.339. The molecule has 1 saturated heterocycles. The van der Waals surface area contributed by atoms with Crippen LogP contribution in [0.3, 0.4) is 0 Å². The average Bonchev–Trinajstić information content (AvgIpc) is 2.37. The highest BCUT2D eigenvalue weighted by molar-refractivity contribution is 5.33. The van der Waals surface area contributed by atoms with E-state index in [0.29, 0.717) is 0 Å². The van der Waals surface area contributed by atoms with Gasteiger partial charge in [0, 0.05) is 26.2 Å². The lowest BCUT2D eigenvalue weighted by Gasteiger charge is -2.35. The molecule has 1 unspecified atom stereocenters. The van der Waals surface area contributed by atoms with Crippen molar-refractivity contribution in [2.75, 3.05) is 33.2 Å². The fraction of sp³-hybridized carbons (Fsp3) is 0.500. The summed E-state index contributed by atoms with van der Waals surface area (Å²) in [6, 6.07) is 6.64. The van der Waals surface area contributed by atoms with Gasteiger partial charge >= 0.3 is 0 Å². The number of nitriles is 1. The Morgan fingerprint density at radius 3 is 2.56 bits per heavy atom. The minimum Gasteiger partial charge on any atom is -0.304 e. The third kappa shape index (κ3) is 2.69. The van der Waals surface area contributed by atoms with E-state index < -0.39 is 0 Å². The van der Waals surface area contributed by atoms with Crippen LogP contribution in [0.2, 0.25) is 0 Å². The standard InChI is InChI=1S/C14H18FN3/c1-11-3-4-12(15)9-13(11)14(10-16)18-7-5-17(2)6-8-18/h3-4,9,14H,5-8H2,1-2H3. The molecule has 0 spiro atoms. The lowest BCUT2D eigenvalue weighted by atomic mass is 10.00. The molecule has 0 amide bonds. The summed E-state index contributed by atoms with van der Waals surface area (Å²) in [7, 11) is 2.08. The third-order valence-corrected chi connectivity index (χ3v) is 3.56. The van der Waals surface area contributed by atoms with Crippen LogP contribution in [0.5, 0.6) is 0 Å². The zero-order valence-corrected chi connectivity index (χ0v) is 10.9. The zero-order valence-electron chi connectivity index (χ0n) is 10.9. The lowest BCUT2D eigenvalue weighted by molar-refractivity contribution is 0.132. The van der Waals surface area contributed by atoms with Crippen molar-refractivity contribution in [3.63, 3.8) is 0 Å². The largest absolute Gasteiger partial charge is 0.304 e. The molecule has 1 fully saturated rings. The van der Waals surface area contributed by atoms with Crippen molar-refractivity contribution >= 4 is 0 Å². The Hall–Kier alpha value is -1.44. The molecule has 0 N–H and O–H groups in total. The number of likely N-dealkylation sites (N-methyl/N-ethyl adjacent to an activating group) is 1. The predicted molar refractivity (Wildman–Crippen MR) is 68.6 cm³/mol. The van der Waals surface area contributed by atoms with Gasteiger partial charge in [0.25, 0.3) is 0 Å². The number of piperazine rings is 1. The first-order chi connectivity index (χ1) is 8.61. The van der Waals surface area contributed by atoms with E-state index in [0.717, 1.165) is 37.3 Å². The maximum Gasteiger partial charge on any atom is 0.124 e. The van der Waals surface area contributed by atoms with E-state index in [9.17, 15) is 9.65 Å². The summed E-state index contributed by atoms with van der Waals surface area (Å²) >= 11 is 0. The highest BCUT2D eigenvalue weighted by Gasteiger charge is 2.24. The second-order valence-electron chi connectivity index (χ2n) is 4.87. The van der Waals surface area contributed by atoms with Gasteiger partial charge in [-0.15, -0.1) is 0 Å². The molecule has 0 aromatic heterocycles. The Morgan fingerprint density at radius 2 is 1.94 bits per heavy atom. The molecule has 1 aromatic carbocycles. The van der Waals surface area contributed by atoms with Gasteiger partial charge in [0.1, 0.15) is 11.9 Å². The molecule has 1 aliphatic heterocycles. The summed E-state index contributed by atoms with van der Waals surface area (Å²) in [6.45, 7) is 5.53. The molecule has 4 heteroatoms. The summed E-state index contributed by atoms with van der Waals surface area (Å²) in [5.74, 6) is -0.273. The topological polar surface area (TPSA) is 30.3 Å². The fourth-order valence-electron chi connectivity index (χ4n) is 2.33. The fourth-order valence-corrected chi connectivity index (χ4v) is 2.33. The Balaban J connectivity index is 2.23. The second-order valence-corrected chi connectivity index (χ2v) is 4.87. The Bertz CT molecular complexity index is 459. The van der Waals surface area contributed by atoms with Gasteiger partial charge in [-0.1, -0.05) is 6.07 Å². The number of benzene rings is 1. The monoisotopic (exact) mass is 247 g/mol. The maximum absolute atomic E-state index is 13.3. The van der Waals surface area contributed by atoms with Crippen molar-refractivity contribution in [1.29, 1.82) is 5.26 Å². The number of hydrogen-bond acceptors (Lipinski definition) is 3. The Morgan fingerprint density at radius 1 is 1.28 bits per heavy atom. The van der Waals surface area contributed by atoms with E-state index in [1.807, 2.05) is 6.92 Å². The molecule has 1 atom stereocenters. The van der Waals surface area contributed by atoms with E-state index in [-0.39, 0.29) is 11.9 Å². The summed E-state index contributed by atoms with van der Waals surface area (Å²) < 4.78 is 13.3. The van der Waals surface area contributed by atoms with Crippen molar-refractivity contribution in [2.45, 2.75) is 13.0 Å². The number of rotatable bonds is 2. The van der Waals surface area contributed by atoms with Crippen LogP contribution in [0.4, 0.5) is 4.39 Å². The highest BCUT2D eigenvalue weighted by atomic mass is 19.1. The number of halogens is 1. The molecule has 0 bridgehead atoms.